The zero-order chi connectivity index (χ0) is 14.5. The van der Waals surface area contributed by atoms with Crippen molar-refractivity contribution in [2.75, 3.05) is 20.3 Å². The summed E-state index contributed by atoms with van der Waals surface area (Å²) in [6.07, 6.45) is 0.293. The van der Waals surface area contributed by atoms with Crippen molar-refractivity contribution in [3.05, 3.63) is 11.5 Å². The van der Waals surface area contributed by atoms with E-state index >= 15 is 0 Å². The van der Waals surface area contributed by atoms with Crippen molar-refractivity contribution in [2.24, 2.45) is 0 Å². The highest BCUT2D eigenvalue weighted by atomic mass is 16.5. The van der Waals surface area contributed by atoms with Crippen molar-refractivity contribution in [3.63, 3.8) is 0 Å². The second kappa shape index (κ2) is 6.53. The fourth-order valence-electron chi connectivity index (χ4n) is 1.99. The predicted octanol–water partition coefficient (Wildman–Crippen LogP) is -0.615. The Morgan fingerprint density at radius 3 is 2.68 bits per heavy atom. The Kier molecular flexibility index (Phi) is 5.31. The van der Waals surface area contributed by atoms with Gasteiger partial charge in [0.05, 0.1) is 19.4 Å². The van der Waals surface area contributed by atoms with Crippen LogP contribution in [0.15, 0.2) is 11.5 Å². The van der Waals surface area contributed by atoms with Gasteiger partial charge in [-0.25, -0.2) is 0 Å². The quantitative estimate of drug-likeness (QED) is 0.457. The number of carboxylic acids is 1. The molecule has 0 aromatic heterocycles. The van der Waals surface area contributed by atoms with Gasteiger partial charge in [-0.1, -0.05) is 0 Å². The summed E-state index contributed by atoms with van der Waals surface area (Å²) < 4.78 is 4.99. The maximum atomic E-state index is 11.8. The number of carboxylic acid groups (broad SMARTS) is 1. The summed E-state index contributed by atoms with van der Waals surface area (Å²) in [5.41, 5.74) is -1.07. The molecule has 0 saturated carbocycles. The number of rotatable bonds is 7. The lowest BCUT2D eigenvalue weighted by atomic mass is 9.86. The molecule has 1 rings (SSSR count). The number of methoxy groups -OCH3 is 1. The summed E-state index contributed by atoms with van der Waals surface area (Å²) in [4.78, 5) is 22.1. The molecule has 0 saturated heterocycles. The Balaban J connectivity index is 2.69. The Bertz CT molecular complexity index is 392. The second-order valence-electron chi connectivity index (χ2n) is 4.60. The molecule has 0 heterocycles. The van der Waals surface area contributed by atoms with Crippen LogP contribution in [0, 0.1) is 0 Å². The minimum absolute atomic E-state index is 0.0147. The molecule has 0 radical (unpaired) electrons. The molecule has 1 aliphatic carbocycles. The van der Waals surface area contributed by atoms with Gasteiger partial charge in [0.2, 0.25) is 5.78 Å². The number of carbonyl (C=O) groups excluding carboxylic acids is 1. The lowest BCUT2D eigenvalue weighted by Crippen LogP contribution is -2.43. The van der Waals surface area contributed by atoms with Crippen LogP contribution in [-0.2, 0) is 14.3 Å². The van der Waals surface area contributed by atoms with Crippen molar-refractivity contribution in [1.82, 2.24) is 5.32 Å². The van der Waals surface area contributed by atoms with Crippen LogP contribution in [0.25, 0.3) is 0 Å². The van der Waals surface area contributed by atoms with Crippen LogP contribution >= 0.6 is 0 Å². The molecule has 108 valence electrons. The van der Waals surface area contributed by atoms with Gasteiger partial charge in [-0.3, -0.25) is 9.59 Å². The van der Waals surface area contributed by atoms with E-state index in [1.807, 2.05) is 0 Å². The zero-order valence-electron chi connectivity index (χ0n) is 10.8. The van der Waals surface area contributed by atoms with E-state index in [1.54, 1.807) is 0 Å². The molecule has 0 fully saturated rings. The molecule has 0 amide bonds. The van der Waals surface area contributed by atoms with Gasteiger partial charge < -0.3 is 25.4 Å². The molecule has 0 unspecified atom stereocenters. The highest BCUT2D eigenvalue weighted by Crippen LogP contribution is 2.29. The Morgan fingerprint density at radius 1 is 1.47 bits per heavy atom. The van der Waals surface area contributed by atoms with Crippen molar-refractivity contribution >= 4 is 11.8 Å². The number of hydrogen-bond acceptors (Lipinski definition) is 6. The SMILES string of the molecule is COC1=C(NCCCC(=O)O)C[C@](O)(CO)CC1=O. The van der Waals surface area contributed by atoms with Crippen LogP contribution in [0.3, 0.4) is 0 Å². The van der Waals surface area contributed by atoms with Gasteiger partial charge in [-0.2, -0.15) is 0 Å². The summed E-state index contributed by atoms with van der Waals surface area (Å²) in [5, 5.41) is 30.5. The number of nitrogens with one attached hydrogen (secondary N) is 1. The van der Waals surface area contributed by atoms with Crippen LogP contribution in [-0.4, -0.2) is 52.9 Å². The number of aliphatic hydroxyl groups excluding tert-OH is 1. The Morgan fingerprint density at radius 2 is 2.16 bits per heavy atom. The normalized spacial score (nSPS) is 23.4. The van der Waals surface area contributed by atoms with E-state index in [9.17, 15) is 14.7 Å². The number of ketones is 1. The summed E-state index contributed by atoms with van der Waals surface area (Å²) in [7, 11) is 1.36. The number of allylic oxidation sites excluding steroid dienone is 1. The first-order chi connectivity index (χ1) is 8.91. The first-order valence-corrected chi connectivity index (χ1v) is 6.01. The average molecular weight is 273 g/mol. The molecular weight excluding hydrogens is 254 g/mol. The van der Waals surface area contributed by atoms with Crippen molar-refractivity contribution < 1.29 is 29.6 Å². The average Bonchev–Trinajstić information content (AvgIpc) is 2.34. The van der Waals surface area contributed by atoms with E-state index in [2.05, 4.69) is 5.32 Å². The van der Waals surface area contributed by atoms with E-state index in [4.69, 9.17) is 14.9 Å². The standard InChI is InChI=1S/C12H19NO6/c1-19-11-8(13-4-2-3-10(16)17)5-12(18,7-14)6-9(11)15/h13-14,18H,2-7H2,1H3,(H,16,17)/t12-/m1/s1. The zero-order valence-corrected chi connectivity index (χ0v) is 10.8. The molecule has 4 N–H and O–H groups in total. The molecular formula is C12H19NO6. The highest BCUT2D eigenvalue weighted by Gasteiger charge is 2.38. The summed E-state index contributed by atoms with van der Waals surface area (Å²) in [5.74, 6) is -1.14. The van der Waals surface area contributed by atoms with Gasteiger partial charge in [0.15, 0.2) is 5.76 Å². The molecule has 7 nitrogen and oxygen atoms in total. The van der Waals surface area contributed by atoms with Crippen molar-refractivity contribution in [3.8, 4) is 0 Å². The number of aliphatic hydroxyl groups is 2. The number of Topliss-reactive ketones (excluding diaryl/α,β-unsaturated/α-hetero) is 1. The molecule has 0 bridgehead atoms. The van der Waals surface area contributed by atoms with Crippen molar-refractivity contribution in [2.45, 2.75) is 31.3 Å². The largest absolute Gasteiger partial charge is 0.491 e. The maximum absolute atomic E-state index is 11.8. The van der Waals surface area contributed by atoms with Gasteiger partial charge in [-0.15, -0.1) is 0 Å². The first-order valence-electron chi connectivity index (χ1n) is 6.01. The Hall–Kier alpha value is -1.60. The minimum Gasteiger partial charge on any atom is -0.491 e. The maximum Gasteiger partial charge on any atom is 0.303 e. The predicted molar refractivity (Wildman–Crippen MR) is 65.2 cm³/mol. The molecule has 0 spiro atoms. The van der Waals surface area contributed by atoms with Crippen LogP contribution in [0.4, 0.5) is 0 Å². The molecule has 0 aromatic carbocycles. The summed E-state index contributed by atoms with van der Waals surface area (Å²) in [6.45, 7) is -0.167. The first kappa shape index (κ1) is 15.5. The Labute approximate surface area is 110 Å². The molecule has 1 aliphatic rings. The fourth-order valence-corrected chi connectivity index (χ4v) is 1.99. The van der Waals surface area contributed by atoms with Gasteiger partial charge in [-0.05, 0) is 6.42 Å². The highest BCUT2D eigenvalue weighted by molar-refractivity contribution is 5.95. The number of carbonyl (C=O) groups is 2. The van der Waals surface area contributed by atoms with E-state index in [-0.39, 0.29) is 30.8 Å². The smallest absolute Gasteiger partial charge is 0.303 e. The third-order valence-electron chi connectivity index (χ3n) is 2.93. The number of aliphatic carboxylic acids is 1. The molecule has 1 atom stereocenters. The van der Waals surface area contributed by atoms with Gasteiger partial charge in [0.25, 0.3) is 0 Å². The summed E-state index contributed by atoms with van der Waals surface area (Å²) in [6, 6.07) is 0. The summed E-state index contributed by atoms with van der Waals surface area (Å²) >= 11 is 0. The molecule has 0 aliphatic heterocycles. The van der Waals surface area contributed by atoms with E-state index in [0.717, 1.165) is 0 Å². The van der Waals surface area contributed by atoms with E-state index < -0.39 is 18.2 Å². The van der Waals surface area contributed by atoms with Crippen LogP contribution in [0.1, 0.15) is 25.7 Å². The topological polar surface area (TPSA) is 116 Å². The van der Waals surface area contributed by atoms with E-state index in [1.165, 1.54) is 7.11 Å². The van der Waals surface area contributed by atoms with Gasteiger partial charge >= 0.3 is 5.97 Å². The molecule has 19 heavy (non-hydrogen) atoms. The lowest BCUT2D eigenvalue weighted by molar-refractivity contribution is -0.137. The number of ether oxygens (including phenoxy) is 1. The monoisotopic (exact) mass is 273 g/mol. The fraction of sp³-hybridized carbons (Fsp3) is 0.667. The van der Waals surface area contributed by atoms with Gasteiger partial charge in [0.1, 0.15) is 5.60 Å². The van der Waals surface area contributed by atoms with E-state index in [0.29, 0.717) is 18.7 Å². The minimum atomic E-state index is -1.48. The van der Waals surface area contributed by atoms with Crippen LogP contribution < -0.4 is 5.32 Å². The third kappa shape index (κ3) is 4.22. The number of hydrogen-bond donors (Lipinski definition) is 4. The second-order valence-corrected chi connectivity index (χ2v) is 4.60. The lowest BCUT2D eigenvalue weighted by Gasteiger charge is -2.32. The molecule has 0 aromatic rings. The van der Waals surface area contributed by atoms with Crippen molar-refractivity contribution in [1.29, 1.82) is 0 Å². The van der Waals surface area contributed by atoms with Gasteiger partial charge in [0, 0.05) is 25.8 Å². The molecule has 7 heteroatoms. The third-order valence-corrected chi connectivity index (χ3v) is 2.93. The van der Waals surface area contributed by atoms with Crippen LogP contribution in [0.5, 0.6) is 0 Å². The van der Waals surface area contributed by atoms with Crippen LogP contribution in [0.2, 0.25) is 0 Å².